The number of hydrogen-bond donors (Lipinski definition) is 1. The summed E-state index contributed by atoms with van der Waals surface area (Å²) in [5, 5.41) is 10.00. The highest BCUT2D eigenvalue weighted by molar-refractivity contribution is 5.98. The normalized spacial score (nSPS) is 19.3. The molecule has 120 valence electrons. The van der Waals surface area contributed by atoms with E-state index in [1.165, 1.54) is 12.8 Å². The number of anilines is 2. The molecule has 1 atom stereocenters. The molecule has 3 rings (SSSR count). The lowest BCUT2D eigenvalue weighted by Gasteiger charge is -2.38. The van der Waals surface area contributed by atoms with Crippen LogP contribution in [0.1, 0.15) is 33.1 Å². The van der Waals surface area contributed by atoms with Gasteiger partial charge < -0.3 is 14.9 Å². The number of para-hydroxylation sites is 2. The summed E-state index contributed by atoms with van der Waals surface area (Å²) < 4.78 is 0. The highest BCUT2D eigenvalue weighted by Gasteiger charge is 2.31. The Bertz CT molecular complexity index is 540. The summed E-state index contributed by atoms with van der Waals surface area (Å²) in [5.41, 5.74) is 2.16. The van der Waals surface area contributed by atoms with Gasteiger partial charge in [0.05, 0.1) is 23.9 Å². The van der Waals surface area contributed by atoms with Crippen molar-refractivity contribution in [3.8, 4) is 0 Å². The van der Waals surface area contributed by atoms with Crippen LogP contribution in [-0.4, -0.2) is 36.8 Å². The zero-order valence-electron chi connectivity index (χ0n) is 13.5. The predicted molar refractivity (Wildman–Crippen MR) is 89.2 cm³/mol. The van der Waals surface area contributed by atoms with Crippen molar-refractivity contribution in [2.45, 2.75) is 39.2 Å². The van der Waals surface area contributed by atoms with Gasteiger partial charge in [0.1, 0.15) is 0 Å². The maximum Gasteiger partial charge on any atom is 0.229 e. The second-order valence-electron chi connectivity index (χ2n) is 6.94. The molecule has 1 aromatic carbocycles. The molecule has 1 fully saturated rings. The van der Waals surface area contributed by atoms with Crippen LogP contribution in [0.25, 0.3) is 0 Å². The third kappa shape index (κ3) is 3.27. The van der Waals surface area contributed by atoms with Crippen LogP contribution in [0.3, 0.4) is 0 Å². The van der Waals surface area contributed by atoms with E-state index in [4.69, 9.17) is 0 Å². The van der Waals surface area contributed by atoms with Gasteiger partial charge in [-0.3, -0.25) is 4.79 Å². The van der Waals surface area contributed by atoms with Crippen LogP contribution in [0.4, 0.5) is 11.4 Å². The van der Waals surface area contributed by atoms with Crippen molar-refractivity contribution in [2.75, 3.05) is 29.4 Å². The first kappa shape index (κ1) is 15.3. The Morgan fingerprint density at radius 3 is 2.55 bits per heavy atom. The lowest BCUT2D eigenvalue weighted by atomic mass is 10.0. The largest absolute Gasteiger partial charge is 0.392 e. The van der Waals surface area contributed by atoms with E-state index >= 15 is 0 Å². The summed E-state index contributed by atoms with van der Waals surface area (Å²) in [6, 6.07) is 8.15. The molecule has 0 radical (unpaired) electrons. The molecule has 22 heavy (non-hydrogen) atoms. The van der Waals surface area contributed by atoms with Gasteiger partial charge in [0.2, 0.25) is 5.91 Å². The molecule has 0 saturated heterocycles. The fourth-order valence-corrected chi connectivity index (χ4v) is 3.01. The second kappa shape index (κ2) is 6.29. The zero-order chi connectivity index (χ0) is 15.7. The lowest BCUT2D eigenvalue weighted by Crippen LogP contribution is -2.45. The Hall–Kier alpha value is -1.55. The van der Waals surface area contributed by atoms with E-state index in [0.717, 1.165) is 30.4 Å². The van der Waals surface area contributed by atoms with Gasteiger partial charge in [-0.05, 0) is 36.8 Å². The van der Waals surface area contributed by atoms with E-state index < -0.39 is 6.10 Å². The van der Waals surface area contributed by atoms with Crippen molar-refractivity contribution in [1.82, 2.24) is 0 Å². The lowest BCUT2D eigenvalue weighted by molar-refractivity contribution is -0.121. The molecular weight excluding hydrogens is 276 g/mol. The first-order valence-corrected chi connectivity index (χ1v) is 8.38. The van der Waals surface area contributed by atoms with Gasteiger partial charge in [-0.25, -0.2) is 0 Å². The van der Waals surface area contributed by atoms with Crippen LogP contribution in [0.15, 0.2) is 24.3 Å². The molecule has 1 unspecified atom stereocenters. The van der Waals surface area contributed by atoms with E-state index in [0.29, 0.717) is 6.54 Å². The minimum Gasteiger partial charge on any atom is -0.392 e. The van der Waals surface area contributed by atoms with Crippen LogP contribution in [0.2, 0.25) is 0 Å². The topological polar surface area (TPSA) is 43.8 Å². The molecule has 1 aliphatic carbocycles. The molecule has 1 aromatic rings. The number of amides is 1. The van der Waals surface area contributed by atoms with Crippen molar-refractivity contribution < 1.29 is 9.90 Å². The van der Waals surface area contributed by atoms with Gasteiger partial charge in [-0.15, -0.1) is 0 Å². The number of aliphatic hydroxyl groups excluding tert-OH is 1. The Balaban J connectivity index is 1.76. The molecule has 1 amide bonds. The third-order valence-corrected chi connectivity index (χ3v) is 4.74. The summed E-state index contributed by atoms with van der Waals surface area (Å²) in [4.78, 5) is 16.8. The molecule has 0 aromatic heterocycles. The smallest absolute Gasteiger partial charge is 0.229 e. The number of benzene rings is 1. The Morgan fingerprint density at radius 2 is 1.91 bits per heavy atom. The van der Waals surface area contributed by atoms with Crippen molar-refractivity contribution in [3.05, 3.63) is 24.3 Å². The van der Waals surface area contributed by atoms with Gasteiger partial charge in [0.25, 0.3) is 0 Å². The summed E-state index contributed by atoms with van der Waals surface area (Å²) in [6.07, 6.45) is 2.31. The van der Waals surface area contributed by atoms with Crippen LogP contribution >= 0.6 is 0 Å². The maximum atomic E-state index is 12.6. The third-order valence-electron chi connectivity index (χ3n) is 4.74. The molecule has 4 heteroatoms. The van der Waals surface area contributed by atoms with Gasteiger partial charge in [0, 0.05) is 19.6 Å². The van der Waals surface area contributed by atoms with Gasteiger partial charge in [-0.1, -0.05) is 26.0 Å². The highest BCUT2D eigenvalue weighted by Crippen LogP contribution is 2.37. The Labute approximate surface area is 132 Å². The average Bonchev–Trinajstić information content (AvgIpc) is 3.31. The zero-order valence-corrected chi connectivity index (χ0v) is 13.5. The van der Waals surface area contributed by atoms with Gasteiger partial charge in [0.15, 0.2) is 0 Å². The highest BCUT2D eigenvalue weighted by atomic mass is 16.3. The maximum absolute atomic E-state index is 12.6. The number of fused-ring (bicyclic) bond motifs is 1. The van der Waals surface area contributed by atoms with Gasteiger partial charge in [-0.2, -0.15) is 0 Å². The van der Waals surface area contributed by atoms with E-state index in [-0.39, 0.29) is 18.2 Å². The fraction of sp³-hybridized carbons (Fsp3) is 0.611. The molecule has 1 saturated carbocycles. The summed E-state index contributed by atoms with van der Waals surface area (Å²) in [7, 11) is 0. The minimum absolute atomic E-state index is 0.0275. The molecule has 1 N–H and O–H groups in total. The van der Waals surface area contributed by atoms with E-state index in [1.807, 2.05) is 36.9 Å². The molecule has 4 nitrogen and oxygen atoms in total. The molecule has 1 heterocycles. The summed E-state index contributed by atoms with van der Waals surface area (Å²) in [5.74, 6) is 0.966. The molecule has 1 aliphatic heterocycles. The first-order valence-electron chi connectivity index (χ1n) is 8.38. The molecule has 2 aliphatic rings. The molecule has 0 spiro atoms. The van der Waals surface area contributed by atoms with Gasteiger partial charge >= 0.3 is 0 Å². The number of rotatable bonds is 5. The van der Waals surface area contributed by atoms with Crippen LogP contribution in [0.5, 0.6) is 0 Å². The van der Waals surface area contributed by atoms with E-state index in [2.05, 4.69) is 11.0 Å². The molecular formula is C18H26N2O2. The number of hydrogen-bond acceptors (Lipinski definition) is 3. The summed E-state index contributed by atoms with van der Waals surface area (Å²) in [6.45, 7) is 6.59. The van der Waals surface area contributed by atoms with Crippen molar-refractivity contribution >= 4 is 17.3 Å². The number of nitrogens with zero attached hydrogens (tertiary/aromatic N) is 2. The quantitative estimate of drug-likeness (QED) is 0.909. The van der Waals surface area contributed by atoms with Crippen LogP contribution < -0.4 is 9.80 Å². The predicted octanol–water partition coefficient (Wildman–Crippen LogP) is 2.66. The number of carbonyl (C=O) groups excluding carboxylic acids is 1. The Morgan fingerprint density at radius 1 is 1.23 bits per heavy atom. The minimum atomic E-state index is -0.566. The van der Waals surface area contributed by atoms with Crippen LogP contribution in [0, 0.1) is 11.8 Å². The fourth-order valence-electron chi connectivity index (χ4n) is 3.01. The van der Waals surface area contributed by atoms with Crippen LogP contribution in [-0.2, 0) is 4.79 Å². The number of aliphatic hydroxyl groups is 1. The molecule has 0 bridgehead atoms. The van der Waals surface area contributed by atoms with E-state index in [1.54, 1.807) is 0 Å². The van der Waals surface area contributed by atoms with E-state index in [9.17, 15) is 9.90 Å². The standard InChI is InChI=1S/C18H26N2O2/c1-13(2)17(21)11-18(22)20-10-9-19(12-14-7-8-14)15-5-3-4-6-16(15)20/h3-6,13-14,17,21H,7-12H2,1-2H3. The number of carbonyl (C=O) groups is 1. The SMILES string of the molecule is CC(C)C(O)CC(=O)N1CCN(CC2CC2)c2ccccc21. The van der Waals surface area contributed by atoms with Crippen molar-refractivity contribution in [2.24, 2.45) is 11.8 Å². The second-order valence-corrected chi connectivity index (χ2v) is 6.94. The average molecular weight is 302 g/mol. The summed E-state index contributed by atoms with van der Waals surface area (Å²) >= 11 is 0. The monoisotopic (exact) mass is 302 g/mol. The van der Waals surface area contributed by atoms with Crippen molar-refractivity contribution in [3.63, 3.8) is 0 Å². The first-order chi connectivity index (χ1) is 10.6. The van der Waals surface area contributed by atoms with Crippen molar-refractivity contribution in [1.29, 1.82) is 0 Å². The Kier molecular flexibility index (Phi) is 4.39.